The van der Waals surface area contributed by atoms with Crippen LogP contribution >= 0.6 is 11.8 Å². The lowest BCUT2D eigenvalue weighted by Gasteiger charge is -2.14. The lowest BCUT2D eigenvalue weighted by atomic mass is 10.2. The van der Waals surface area contributed by atoms with E-state index in [1.807, 2.05) is 0 Å². The van der Waals surface area contributed by atoms with Crippen molar-refractivity contribution in [1.29, 1.82) is 0 Å². The predicted octanol–water partition coefficient (Wildman–Crippen LogP) is 0.575. The summed E-state index contributed by atoms with van der Waals surface area (Å²) in [7, 11) is 0. The number of nitrogens with one attached hydrogen (secondary N) is 1. The number of carboxylic acids is 1. The van der Waals surface area contributed by atoms with Crippen LogP contribution in [0.25, 0.3) is 0 Å². The molecule has 0 radical (unpaired) electrons. The first-order valence-electron chi connectivity index (χ1n) is 4.01. The molecule has 4 nitrogen and oxygen atoms in total. The van der Waals surface area contributed by atoms with Crippen LogP contribution in [0.3, 0.4) is 0 Å². The third-order valence-corrected chi connectivity index (χ3v) is 2.14. The van der Waals surface area contributed by atoms with Gasteiger partial charge in [0.1, 0.15) is 6.04 Å². The zero-order valence-corrected chi connectivity index (χ0v) is 8.85. The second-order valence-corrected chi connectivity index (χ2v) is 3.92. The molecular weight excluding hydrogens is 190 g/mol. The Morgan fingerprint density at radius 3 is 2.31 bits per heavy atom. The van der Waals surface area contributed by atoms with Gasteiger partial charge in [0.25, 0.3) is 0 Å². The highest BCUT2D eigenvalue weighted by molar-refractivity contribution is 7.98. The minimum Gasteiger partial charge on any atom is -0.480 e. The molecule has 5 heteroatoms. The minimum absolute atomic E-state index is 0.177. The Hall–Kier alpha value is -0.710. The highest BCUT2D eigenvalue weighted by Gasteiger charge is 2.20. The van der Waals surface area contributed by atoms with Crippen molar-refractivity contribution in [3.63, 3.8) is 0 Å². The maximum Gasteiger partial charge on any atom is 0.327 e. The van der Waals surface area contributed by atoms with Gasteiger partial charge < -0.3 is 10.4 Å². The maximum absolute atomic E-state index is 11.1. The summed E-state index contributed by atoms with van der Waals surface area (Å²) in [4.78, 5) is 21.8. The summed E-state index contributed by atoms with van der Waals surface area (Å²) in [5.74, 6) is -0.984. The van der Waals surface area contributed by atoms with E-state index in [1.54, 1.807) is 20.1 Å². The molecule has 0 spiro atoms. The van der Waals surface area contributed by atoms with Crippen LogP contribution in [-0.4, -0.2) is 35.0 Å². The smallest absolute Gasteiger partial charge is 0.327 e. The first-order chi connectivity index (χ1) is 5.99. The second kappa shape index (κ2) is 5.85. The van der Waals surface area contributed by atoms with Crippen LogP contribution < -0.4 is 5.32 Å². The van der Waals surface area contributed by atoms with Crippen LogP contribution in [0, 0.1) is 5.92 Å². The Kier molecular flexibility index (Phi) is 5.53. The number of hydrogen-bond acceptors (Lipinski definition) is 3. The molecule has 0 heterocycles. The van der Waals surface area contributed by atoms with Gasteiger partial charge >= 0.3 is 5.97 Å². The fourth-order valence-corrected chi connectivity index (χ4v) is 1.24. The van der Waals surface area contributed by atoms with E-state index in [0.717, 1.165) is 0 Å². The van der Waals surface area contributed by atoms with Crippen LogP contribution in [0.2, 0.25) is 0 Å². The average molecular weight is 205 g/mol. The van der Waals surface area contributed by atoms with E-state index in [4.69, 9.17) is 5.11 Å². The number of amides is 1. The first kappa shape index (κ1) is 12.3. The maximum atomic E-state index is 11.1. The lowest BCUT2D eigenvalue weighted by Crippen LogP contribution is -2.44. The largest absolute Gasteiger partial charge is 0.480 e. The lowest BCUT2D eigenvalue weighted by molar-refractivity contribution is -0.141. The molecule has 0 aromatic rings. The van der Waals surface area contributed by atoms with E-state index in [2.05, 4.69) is 5.32 Å². The van der Waals surface area contributed by atoms with Gasteiger partial charge in [-0.05, 0) is 6.26 Å². The summed E-state index contributed by atoms with van der Waals surface area (Å²) < 4.78 is 0. The SMILES string of the molecule is CSCC(NC(=O)C(C)C)C(=O)O. The highest BCUT2D eigenvalue weighted by atomic mass is 32.2. The molecule has 1 atom stereocenters. The summed E-state index contributed by atoms with van der Waals surface area (Å²) in [5.41, 5.74) is 0. The van der Waals surface area contributed by atoms with Gasteiger partial charge in [-0.3, -0.25) is 4.79 Å². The Bertz CT molecular complexity index is 194. The van der Waals surface area contributed by atoms with E-state index >= 15 is 0 Å². The number of carboxylic acid groups (broad SMARTS) is 1. The molecule has 0 aliphatic rings. The molecule has 0 aromatic heterocycles. The Labute approximate surface area is 82.1 Å². The van der Waals surface area contributed by atoms with E-state index in [0.29, 0.717) is 5.75 Å². The molecule has 2 N–H and O–H groups in total. The molecule has 0 saturated carbocycles. The number of aliphatic carboxylic acids is 1. The summed E-state index contributed by atoms with van der Waals surface area (Å²) in [5, 5.41) is 11.2. The quantitative estimate of drug-likeness (QED) is 0.689. The zero-order valence-electron chi connectivity index (χ0n) is 8.03. The van der Waals surface area contributed by atoms with E-state index in [9.17, 15) is 9.59 Å². The van der Waals surface area contributed by atoms with Crippen LogP contribution in [0.5, 0.6) is 0 Å². The fraction of sp³-hybridized carbons (Fsp3) is 0.750. The molecule has 0 rings (SSSR count). The van der Waals surface area contributed by atoms with Gasteiger partial charge in [0.05, 0.1) is 0 Å². The summed E-state index contributed by atoms with van der Waals surface area (Å²) in [6.07, 6.45) is 1.80. The standard InChI is InChI=1S/C8H15NO3S/c1-5(2)7(10)9-6(4-13-3)8(11)12/h5-6H,4H2,1-3H3,(H,9,10)(H,11,12). The van der Waals surface area contributed by atoms with Crippen LogP contribution in [0.1, 0.15) is 13.8 Å². The first-order valence-corrected chi connectivity index (χ1v) is 5.40. The Balaban J connectivity index is 4.10. The molecule has 1 unspecified atom stereocenters. The summed E-state index contributed by atoms with van der Waals surface area (Å²) in [6, 6.07) is -0.773. The van der Waals surface area contributed by atoms with Crippen molar-refractivity contribution in [2.75, 3.05) is 12.0 Å². The van der Waals surface area contributed by atoms with Gasteiger partial charge in [-0.1, -0.05) is 13.8 Å². The van der Waals surface area contributed by atoms with Crippen LogP contribution in [0.4, 0.5) is 0 Å². The van der Waals surface area contributed by atoms with E-state index in [1.165, 1.54) is 11.8 Å². The Morgan fingerprint density at radius 2 is 2.00 bits per heavy atom. The normalized spacial score (nSPS) is 12.6. The third-order valence-electron chi connectivity index (χ3n) is 1.47. The molecule has 0 aliphatic heterocycles. The number of carbonyl (C=O) groups is 2. The van der Waals surface area contributed by atoms with Gasteiger partial charge in [0.15, 0.2) is 0 Å². The minimum atomic E-state index is -0.983. The number of rotatable bonds is 5. The predicted molar refractivity (Wildman–Crippen MR) is 52.8 cm³/mol. The number of thioether (sulfide) groups is 1. The molecular formula is C8H15NO3S. The van der Waals surface area contributed by atoms with Crippen molar-refractivity contribution in [2.24, 2.45) is 5.92 Å². The average Bonchev–Trinajstić information content (AvgIpc) is 2.03. The number of hydrogen-bond donors (Lipinski definition) is 2. The van der Waals surface area contributed by atoms with Crippen molar-refractivity contribution >= 4 is 23.6 Å². The second-order valence-electron chi connectivity index (χ2n) is 3.01. The van der Waals surface area contributed by atoms with E-state index < -0.39 is 12.0 Å². The zero-order chi connectivity index (χ0) is 10.4. The van der Waals surface area contributed by atoms with Crippen molar-refractivity contribution < 1.29 is 14.7 Å². The Morgan fingerprint density at radius 1 is 1.46 bits per heavy atom. The summed E-state index contributed by atoms with van der Waals surface area (Å²) >= 11 is 1.40. The number of carbonyl (C=O) groups excluding carboxylic acids is 1. The molecule has 76 valence electrons. The van der Waals surface area contributed by atoms with Crippen molar-refractivity contribution in [2.45, 2.75) is 19.9 Å². The molecule has 0 fully saturated rings. The van der Waals surface area contributed by atoms with Crippen molar-refractivity contribution in [1.82, 2.24) is 5.32 Å². The van der Waals surface area contributed by atoms with Crippen LogP contribution in [0.15, 0.2) is 0 Å². The van der Waals surface area contributed by atoms with Crippen molar-refractivity contribution in [3.05, 3.63) is 0 Å². The molecule has 0 saturated heterocycles. The highest BCUT2D eigenvalue weighted by Crippen LogP contribution is 1.99. The molecule has 0 aliphatic carbocycles. The molecule has 0 bridgehead atoms. The van der Waals surface area contributed by atoms with Gasteiger partial charge in [0.2, 0.25) is 5.91 Å². The van der Waals surface area contributed by atoms with Crippen LogP contribution in [-0.2, 0) is 9.59 Å². The monoisotopic (exact) mass is 205 g/mol. The van der Waals surface area contributed by atoms with E-state index in [-0.39, 0.29) is 11.8 Å². The fourth-order valence-electron chi connectivity index (χ4n) is 0.680. The topological polar surface area (TPSA) is 66.4 Å². The summed E-state index contributed by atoms with van der Waals surface area (Å²) in [6.45, 7) is 3.46. The molecule has 1 amide bonds. The molecule has 0 aromatic carbocycles. The van der Waals surface area contributed by atoms with Crippen molar-refractivity contribution in [3.8, 4) is 0 Å². The van der Waals surface area contributed by atoms with Gasteiger partial charge in [0, 0.05) is 11.7 Å². The van der Waals surface area contributed by atoms with Gasteiger partial charge in [-0.2, -0.15) is 11.8 Å². The van der Waals surface area contributed by atoms with Gasteiger partial charge in [-0.25, -0.2) is 4.79 Å². The third kappa shape index (κ3) is 4.77. The van der Waals surface area contributed by atoms with Gasteiger partial charge in [-0.15, -0.1) is 0 Å². The molecule has 13 heavy (non-hydrogen) atoms.